The van der Waals surface area contributed by atoms with Gasteiger partial charge in [0, 0.05) is 0 Å². The Morgan fingerprint density at radius 1 is 1.00 bits per heavy atom. The highest BCUT2D eigenvalue weighted by atomic mass is 19.3. The summed E-state index contributed by atoms with van der Waals surface area (Å²) >= 11 is 0. The minimum Gasteiger partial charge on any atom is -0.174 e. The fraction of sp³-hybridized carbons (Fsp3) is 0.846. The van der Waals surface area contributed by atoms with Crippen LogP contribution in [0.15, 0.2) is 12.2 Å². The van der Waals surface area contributed by atoms with E-state index in [2.05, 4.69) is 0 Å². The standard InChI is InChI=1S/C13H18F2/c14-12(15)1-2-13-6-9-3-10(7-13)5-11(4-9)8-13/h1,9-11H,2-8H2. The second kappa shape index (κ2) is 3.29. The normalized spacial score (nSPS) is 46.9. The van der Waals surface area contributed by atoms with Crippen LogP contribution in [0.2, 0.25) is 0 Å². The molecule has 4 rings (SSSR count). The third kappa shape index (κ3) is 1.72. The van der Waals surface area contributed by atoms with Crippen molar-refractivity contribution in [2.75, 3.05) is 0 Å². The molecule has 0 heterocycles. The minimum absolute atomic E-state index is 0.276. The van der Waals surface area contributed by atoms with Crippen molar-refractivity contribution in [1.29, 1.82) is 0 Å². The molecular weight excluding hydrogens is 194 g/mol. The Bertz CT molecular complexity index is 254. The maximum atomic E-state index is 12.2. The smallest absolute Gasteiger partial charge is 0.174 e. The molecule has 0 aromatic rings. The Kier molecular flexibility index (Phi) is 2.15. The Labute approximate surface area is 89.7 Å². The fourth-order valence-corrected chi connectivity index (χ4v) is 4.83. The summed E-state index contributed by atoms with van der Waals surface area (Å²) in [4.78, 5) is 0. The summed E-state index contributed by atoms with van der Waals surface area (Å²) in [6, 6.07) is 0. The molecule has 0 unspecified atom stereocenters. The molecular formula is C13H18F2. The molecule has 15 heavy (non-hydrogen) atoms. The van der Waals surface area contributed by atoms with Gasteiger partial charge in [0.25, 0.3) is 6.08 Å². The van der Waals surface area contributed by atoms with Crippen LogP contribution in [-0.2, 0) is 0 Å². The molecule has 84 valence electrons. The van der Waals surface area contributed by atoms with E-state index in [4.69, 9.17) is 0 Å². The van der Waals surface area contributed by atoms with Crippen LogP contribution in [0.1, 0.15) is 44.9 Å². The highest BCUT2D eigenvalue weighted by Crippen LogP contribution is 2.61. The minimum atomic E-state index is -1.48. The molecule has 4 aliphatic rings. The first-order valence-electron chi connectivity index (χ1n) is 6.16. The van der Waals surface area contributed by atoms with Gasteiger partial charge in [-0.05, 0) is 74.2 Å². The summed E-state index contributed by atoms with van der Waals surface area (Å²) in [7, 11) is 0. The van der Waals surface area contributed by atoms with E-state index in [1.54, 1.807) is 0 Å². The lowest BCUT2D eigenvalue weighted by atomic mass is 9.49. The molecule has 4 fully saturated rings. The Balaban J connectivity index is 1.78. The number of rotatable bonds is 2. The molecule has 0 aromatic heterocycles. The van der Waals surface area contributed by atoms with E-state index in [0.717, 1.165) is 17.8 Å². The van der Waals surface area contributed by atoms with Crippen LogP contribution in [0.25, 0.3) is 0 Å². The third-order valence-electron chi connectivity index (χ3n) is 4.85. The first kappa shape index (κ1) is 9.80. The van der Waals surface area contributed by atoms with Crippen LogP contribution in [0.4, 0.5) is 8.78 Å². The molecule has 0 aliphatic heterocycles. The summed E-state index contributed by atoms with van der Waals surface area (Å²) in [5.41, 5.74) is 0.276. The van der Waals surface area contributed by atoms with Crippen LogP contribution in [0, 0.1) is 23.2 Å². The maximum absolute atomic E-state index is 12.2. The van der Waals surface area contributed by atoms with Crippen molar-refractivity contribution in [3.8, 4) is 0 Å². The molecule has 0 N–H and O–H groups in total. The first-order valence-corrected chi connectivity index (χ1v) is 6.16. The molecule has 4 saturated carbocycles. The summed E-state index contributed by atoms with van der Waals surface area (Å²) in [5, 5.41) is 0. The average molecular weight is 212 g/mol. The summed E-state index contributed by atoms with van der Waals surface area (Å²) in [6.07, 6.45) is 8.18. The predicted octanol–water partition coefficient (Wildman–Crippen LogP) is 4.37. The van der Waals surface area contributed by atoms with E-state index in [1.807, 2.05) is 0 Å². The summed E-state index contributed by atoms with van der Waals surface area (Å²) in [6.45, 7) is 0. The van der Waals surface area contributed by atoms with Crippen molar-refractivity contribution in [2.45, 2.75) is 44.9 Å². The topological polar surface area (TPSA) is 0 Å². The lowest BCUT2D eigenvalue weighted by Gasteiger charge is -2.56. The van der Waals surface area contributed by atoms with E-state index in [1.165, 1.54) is 44.6 Å². The summed E-state index contributed by atoms with van der Waals surface area (Å²) in [5.74, 6) is 2.60. The zero-order valence-corrected chi connectivity index (χ0v) is 9.02. The van der Waals surface area contributed by atoms with Gasteiger partial charge in [-0.15, -0.1) is 0 Å². The van der Waals surface area contributed by atoms with Crippen molar-refractivity contribution < 1.29 is 8.78 Å². The molecule has 0 saturated heterocycles. The van der Waals surface area contributed by atoms with Crippen molar-refractivity contribution >= 4 is 0 Å². The monoisotopic (exact) mass is 212 g/mol. The zero-order valence-electron chi connectivity index (χ0n) is 9.02. The molecule has 0 amide bonds. The van der Waals surface area contributed by atoms with E-state index < -0.39 is 6.08 Å². The van der Waals surface area contributed by atoms with Crippen LogP contribution >= 0.6 is 0 Å². The van der Waals surface area contributed by atoms with E-state index in [9.17, 15) is 8.78 Å². The van der Waals surface area contributed by atoms with Crippen LogP contribution in [0.5, 0.6) is 0 Å². The molecule has 4 aliphatic carbocycles. The second-order valence-electron chi connectivity index (χ2n) is 6.12. The van der Waals surface area contributed by atoms with Gasteiger partial charge >= 0.3 is 0 Å². The van der Waals surface area contributed by atoms with Gasteiger partial charge in [0.2, 0.25) is 0 Å². The van der Waals surface area contributed by atoms with E-state index >= 15 is 0 Å². The van der Waals surface area contributed by atoms with Gasteiger partial charge in [-0.3, -0.25) is 0 Å². The third-order valence-corrected chi connectivity index (χ3v) is 4.85. The lowest BCUT2D eigenvalue weighted by Crippen LogP contribution is -2.45. The van der Waals surface area contributed by atoms with Gasteiger partial charge in [-0.1, -0.05) is 0 Å². The SMILES string of the molecule is FC(F)=CCC12CC3CC(CC(C3)C1)C2. The number of hydrogen-bond donors (Lipinski definition) is 0. The molecule has 0 aromatic carbocycles. The van der Waals surface area contributed by atoms with Crippen molar-refractivity contribution in [3.63, 3.8) is 0 Å². The highest BCUT2D eigenvalue weighted by Gasteiger charge is 2.50. The molecule has 0 radical (unpaired) electrons. The quantitative estimate of drug-likeness (QED) is 0.637. The Morgan fingerprint density at radius 2 is 1.47 bits per heavy atom. The number of hydrogen-bond acceptors (Lipinski definition) is 0. The maximum Gasteiger partial charge on any atom is 0.266 e. The van der Waals surface area contributed by atoms with Gasteiger partial charge < -0.3 is 0 Å². The molecule has 0 atom stereocenters. The van der Waals surface area contributed by atoms with Gasteiger partial charge in [0.05, 0.1) is 0 Å². The van der Waals surface area contributed by atoms with Crippen molar-refractivity contribution in [2.24, 2.45) is 23.2 Å². The number of allylic oxidation sites excluding steroid dienone is 1. The molecule has 2 heteroatoms. The van der Waals surface area contributed by atoms with Crippen LogP contribution < -0.4 is 0 Å². The molecule has 4 bridgehead atoms. The molecule has 0 nitrogen and oxygen atoms in total. The van der Waals surface area contributed by atoms with Gasteiger partial charge in [-0.2, -0.15) is 8.78 Å². The van der Waals surface area contributed by atoms with Crippen molar-refractivity contribution in [3.05, 3.63) is 12.2 Å². The van der Waals surface area contributed by atoms with Gasteiger partial charge in [-0.25, -0.2) is 0 Å². The average Bonchev–Trinajstić information content (AvgIpc) is 2.12. The van der Waals surface area contributed by atoms with Crippen LogP contribution in [-0.4, -0.2) is 0 Å². The van der Waals surface area contributed by atoms with Gasteiger partial charge in [0.1, 0.15) is 0 Å². The van der Waals surface area contributed by atoms with Gasteiger partial charge in [0.15, 0.2) is 0 Å². The van der Waals surface area contributed by atoms with Crippen LogP contribution in [0.3, 0.4) is 0 Å². The fourth-order valence-electron chi connectivity index (χ4n) is 4.83. The first-order chi connectivity index (χ1) is 7.15. The second-order valence-corrected chi connectivity index (χ2v) is 6.12. The Morgan fingerprint density at radius 3 is 1.87 bits per heavy atom. The van der Waals surface area contributed by atoms with E-state index in [-0.39, 0.29) is 5.41 Å². The predicted molar refractivity (Wildman–Crippen MR) is 55.5 cm³/mol. The molecule has 0 spiro atoms. The number of halogens is 2. The van der Waals surface area contributed by atoms with E-state index in [0.29, 0.717) is 6.42 Å². The van der Waals surface area contributed by atoms with Crippen molar-refractivity contribution in [1.82, 2.24) is 0 Å². The Hall–Kier alpha value is -0.400. The lowest BCUT2D eigenvalue weighted by molar-refractivity contribution is -0.0510. The highest BCUT2D eigenvalue weighted by molar-refractivity contribution is 5.04. The summed E-state index contributed by atoms with van der Waals surface area (Å²) < 4.78 is 24.4. The zero-order chi connectivity index (χ0) is 10.5. The largest absolute Gasteiger partial charge is 0.266 e.